The van der Waals surface area contributed by atoms with Gasteiger partial charge in [-0.25, -0.2) is 0 Å². The Morgan fingerprint density at radius 3 is 2.65 bits per heavy atom. The maximum atomic E-state index is 12.8. The van der Waals surface area contributed by atoms with Crippen molar-refractivity contribution in [1.82, 2.24) is 9.78 Å². The molecule has 0 unspecified atom stereocenters. The number of rotatable bonds is 6. The molecule has 2 aromatic carbocycles. The molecule has 0 spiro atoms. The van der Waals surface area contributed by atoms with E-state index in [2.05, 4.69) is 22.5 Å². The van der Waals surface area contributed by atoms with Gasteiger partial charge in [-0.3, -0.25) is 9.48 Å². The summed E-state index contributed by atoms with van der Waals surface area (Å²) in [5.74, 6) is 0.462. The van der Waals surface area contributed by atoms with Crippen molar-refractivity contribution in [3.05, 3.63) is 77.1 Å². The smallest absolute Gasteiger partial charge is 0.259 e. The third-order valence-corrected chi connectivity index (χ3v) is 4.31. The predicted octanol–water partition coefficient (Wildman–Crippen LogP) is 4.06. The van der Waals surface area contributed by atoms with Crippen molar-refractivity contribution in [3.63, 3.8) is 0 Å². The highest BCUT2D eigenvalue weighted by atomic mass is 16.5. The van der Waals surface area contributed by atoms with Crippen LogP contribution >= 0.6 is 0 Å². The molecule has 5 nitrogen and oxygen atoms in total. The Morgan fingerprint density at radius 2 is 1.96 bits per heavy atom. The van der Waals surface area contributed by atoms with Crippen molar-refractivity contribution < 1.29 is 9.53 Å². The molecule has 0 atom stereocenters. The van der Waals surface area contributed by atoms with Gasteiger partial charge >= 0.3 is 0 Å². The molecule has 1 heterocycles. The van der Waals surface area contributed by atoms with Gasteiger partial charge in [0.1, 0.15) is 5.75 Å². The molecule has 0 aliphatic heterocycles. The number of carbonyl (C=O) groups excluding carboxylic acids is 1. The molecule has 134 valence electrons. The number of aryl methyl sites for hydroxylation is 1. The zero-order valence-electron chi connectivity index (χ0n) is 15.3. The molecule has 0 bridgehead atoms. The Labute approximate surface area is 153 Å². The van der Waals surface area contributed by atoms with Crippen molar-refractivity contribution in [1.29, 1.82) is 0 Å². The van der Waals surface area contributed by atoms with Crippen LogP contribution in [0.15, 0.2) is 54.7 Å². The fourth-order valence-corrected chi connectivity index (χ4v) is 2.98. The Kier molecular flexibility index (Phi) is 5.37. The van der Waals surface area contributed by atoms with Crippen LogP contribution < -0.4 is 10.1 Å². The molecule has 1 N–H and O–H groups in total. The van der Waals surface area contributed by atoms with Crippen LogP contribution in [0.25, 0.3) is 0 Å². The maximum absolute atomic E-state index is 12.8. The highest BCUT2D eigenvalue weighted by Gasteiger charge is 2.18. The largest absolute Gasteiger partial charge is 0.495 e. The van der Waals surface area contributed by atoms with E-state index in [9.17, 15) is 4.79 Å². The number of amides is 1. The van der Waals surface area contributed by atoms with Crippen LogP contribution in [0, 0.1) is 6.92 Å². The molecule has 0 aliphatic rings. The van der Waals surface area contributed by atoms with Gasteiger partial charge in [0, 0.05) is 0 Å². The zero-order chi connectivity index (χ0) is 18.5. The Morgan fingerprint density at radius 1 is 1.19 bits per heavy atom. The lowest BCUT2D eigenvalue weighted by Gasteiger charge is -2.12. The Balaban J connectivity index is 1.85. The third kappa shape index (κ3) is 3.77. The molecule has 0 saturated carbocycles. The van der Waals surface area contributed by atoms with Crippen molar-refractivity contribution >= 4 is 11.6 Å². The van der Waals surface area contributed by atoms with Gasteiger partial charge in [0.25, 0.3) is 5.91 Å². The van der Waals surface area contributed by atoms with Gasteiger partial charge < -0.3 is 10.1 Å². The van der Waals surface area contributed by atoms with Crippen LogP contribution in [0.4, 0.5) is 5.69 Å². The number of hydrogen-bond donors (Lipinski definition) is 1. The molecular weight excluding hydrogens is 326 g/mol. The lowest BCUT2D eigenvalue weighted by Crippen LogP contribution is -2.15. The first-order valence-corrected chi connectivity index (χ1v) is 8.67. The van der Waals surface area contributed by atoms with Gasteiger partial charge in [-0.1, -0.05) is 43.3 Å². The van der Waals surface area contributed by atoms with Crippen LogP contribution in [-0.2, 0) is 13.0 Å². The zero-order valence-corrected chi connectivity index (χ0v) is 15.3. The van der Waals surface area contributed by atoms with E-state index in [1.807, 2.05) is 54.9 Å². The summed E-state index contributed by atoms with van der Waals surface area (Å²) in [4.78, 5) is 12.8. The van der Waals surface area contributed by atoms with E-state index in [4.69, 9.17) is 4.74 Å². The highest BCUT2D eigenvalue weighted by molar-refractivity contribution is 6.05. The minimum atomic E-state index is -0.176. The van der Waals surface area contributed by atoms with Crippen LogP contribution in [-0.4, -0.2) is 22.8 Å². The molecule has 0 radical (unpaired) electrons. The number of hydrogen-bond acceptors (Lipinski definition) is 3. The van der Waals surface area contributed by atoms with Gasteiger partial charge in [0.05, 0.1) is 36.8 Å². The molecule has 3 rings (SSSR count). The quantitative estimate of drug-likeness (QED) is 0.730. The lowest BCUT2D eigenvalue weighted by molar-refractivity contribution is 0.102. The molecule has 26 heavy (non-hydrogen) atoms. The molecule has 5 heteroatoms. The minimum Gasteiger partial charge on any atom is -0.495 e. The normalized spacial score (nSPS) is 10.6. The van der Waals surface area contributed by atoms with Crippen LogP contribution in [0.3, 0.4) is 0 Å². The third-order valence-electron chi connectivity index (χ3n) is 4.31. The summed E-state index contributed by atoms with van der Waals surface area (Å²) in [5.41, 5.74) is 4.37. The first-order valence-electron chi connectivity index (χ1n) is 8.67. The Bertz CT molecular complexity index is 901. The van der Waals surface area contributed by atoms with Crippen LogP contribution in [0.2, 0.25) is 0 Å². The van der Waals surface area contributed by atoms with Crippen molar-refractivity contribution in [3.8, 4) is 5.75 Å². The second-order valence-electron chi connectivity index (χ2n) is 6.16. The van der Waals surface area contributed by atoms with E-state index < -0.39 is 0 Å². The number of nitrogens with zero attached hydrogens (tertiary/aromatic N) is 2. The van der Waals surface area contributed by atoms with Gasteiger partial charge in [-0.2, -0.15) is 5.10 Å². The van der Waals surface area contributed by atoms with E-state index in [1.165, 1.54) is 0 Å². The summed E-state index contributed by atoms with van der Waals surface area (Å²) in [6.07, 6.45) is 2.36. The molecule has 0 saturated heterocycles. The number of anilines is 1. The molecular formula is C21H23N3O2. The fourth-order valence-electron chi connectivity index (χ4n) is 2.98. The SMILES string of the molecule is CCc1c(C(=O)Nc2cc(C)ccc2OC)cnn1Cc1ccccc1. The number of ether oxygens (including phenoxy) is 1. The number of benzene rings is 2. The summed E-state index contributed by atoms with van der Waals surface area (Å²) < 4.78 is 7.23. The summed E-state index contributed by atoms with van der Waals surface area (Å²) >= 11 is 0. The van der Waals surface area contributed by atoms with E-state index in [0.29, 0.717) is 23.5 Å². The van der Waals surface area contributed by atoms with E-state index in [-0.39, 0.29) is 5.91 Å². The van der Waals surface area contributed by atoms with Gasteiger partial charge in [-0.15, -0.1) is 0 Å². The molecule has 1 aromatic heterocycles. The van der Waals surface area contributed by atoms with Gasteiger partial charge in [0.15, 0.2) is 0 Å². The molecule has 1 amide bonds. The van der Waals surface area contributed by atoms with Crippen molar-refractivity contribution in [2.45, 2.75) is 26.8 Å². The van der Waals surface area contributed by atoms with Crippen LogP contribution in [0.1, 0.15) is 34.1 Å². The average molecular weight is 349 g/mol. The summed E-state index contributed by atoms with van der Waals surface area (Å²) in [6, 6.07) is 15.8. The fraction of sp³-hybridized carbons (Fsp3) is 0.238. The molecule has 3 aromatic rings. The summed E-state index contributed by atoms with van der Waals surface area (Å²) in [7, 11) is 1.59. The topological polar surface area (TPSA) is 56.1 Å². The minimum absolute atomic E-state index is 0.176. The Hall–Kier alpha value is -3.08. The summed E-state index contributed by atoms with van der Waals surface area (Å²) in [6.45, 7) is 4.65. The predicted molar refractivity (Wildman–Crippen MR) is 103 cm³/mol. The van der Waals surface area contributed by atoms with E-state index >= 15 is 0 Å². The second-order valence-corrected chi connectivity index (χ2v) is 6.16. The maximum Gasteiger partial charge on any atom is 0.259 e. The average Bonchev–Trinajstić information content (AvgIpc) is 3.05. The number of carbonyl (C=O) groups is 1. The standard InChI is InChI=1S/C21H23N3O2/c1-4-19-17(13-22-24(19)14-16-8-6-5-7-9-16)21(25)23-18-12-15(2)10-11-20(18)26-3/h5-13H,4,14H2,1-3H3,(H,23,25). The second kappa shape index (κ2) is 7.87. The summed E-state index contributed by atoms with van der Waals surface area (Å²) in [5, 5.41) is 7.38. The molecule has 0 aliphatic carbocycles. The van der Waals surface area contributed by atoms with E-state index in [1.54, 1.807) is 13.3 Å². The van der Waals surface area contributed by atoms with Gasteiger partial charge in [0.2, 0.25) is 0 Å². The first kappa shape index (κ1) is 17.7. The van der Waals surface area contributed by atoms with Crippen molar-refractivity contribution in [2.24, 2.45) is 0 Å². The van der Waals surface area contributed by atoms with Crippen molar-refractivity contribution in [2.75, 3.05) is 12.4 Å². The molecule has 0 fully saturated rings. The number of methoxy groups -OCH3 is 1. The highest BCUT2D eigenvalue weighted by Crippen LogP contribution is 2.26. The van der Waals surface area contributed by atoms with Gasteiger partial charge in [-0.05, 0) is 36.6 Å². The monoisotopic (exact) mass is 349 g/mol. The lowest BCUT2D eigenvalue weighted by atomic mass is 10.1. The van der Waals surface area contributed by atoms with Crippen LogP contribution in [0.5, 0.6) is 5.75 Å². The first-order chi connectivity index (χ1) is 12.6. The number of aromatic nitrogens is 2. The number of nitrogens with one attached hydrogen (secondary N) is 1. The van der Waals surface area contributed by atoms with E-state index in [0.717, 1.165) is 23.2 Å².